The van der Waals surface area contributed by atoms with E-state index in [0.717, 1.165) is 26.1 Å². The molecular weight excluding hydrogens is 419 g/mol. The van der Waals surface area contributed by atoms with Crippen LogP contribution in [0.5, 0.6) is 0 Å². The third kappa shape index (κ3) is 24.6. The van der Waals surface area contributed by atoms with Crippen molar-refractivity contribution >= 4 is 5.97 Å². The summed E-state index contributed by atoms with van der Waals surface area (Å²) in [7, 11) is 0. The Labute approximate surface area is 226 Å². The van der Waals surface area contributed by atoms with Gasteiger partial charge in [0.1, 0.15) is 0 Å². The molecule has 0 heterocycles. The van der Waals surface area contributed by atoms with E-state index in [4.69, 9.17) is 4.74 Å². The second-order valence-corrected chi connectivity index (χ2v) is 9.38. The number of carboxylic acids is 1. The van der Waals surface area contributed by atoms with Crippen molar-refractivity contribution in [2.24, 2.45) is 0 Å². The van der Waals surface area contributed by atoms with Gasteiger partial charge in [-0.2, -0.15) is 0 Å². The number of hydrogen-bond acceptors (Lipinski definition) is 3. The number of benzene rings is 1. The van der Waals surface area contributed by atoms with Gasteiger partial charge in [0.2, 0.25) is 0 Å². The van der Waals surface area contributed by atoms with Gasteiger partial charge in [-0.3, -0.25) is 0 Å². The van der Waals surface area contributed by atoms with E-state index in [9.17, 15) is 9.90 Å². The molecule has 1 rings (SSSR count). The Balaban J connectivity index is 0.0000102. The first-order chi connectivity index (χ1) is 15.8. The summed E-state index contributed by atoms with van der Waals surface area (Å²) in [5.41, 5.74) is 1.27. The molecule has 1 aromatic rings. The van der Waals surface area contributed by atoms with Gasteiger partial charge in [0.25, 0.3) is 0 Å². The molecule has 0 saturated heterocycles. The molecule has 4 heteroatoms. The predicted molar refractivity (Wildman–Crippen MR) is 133 cm³/mol. The third-order valence-corrected chi connectivity index (χ3v) is 6.28. The minimum Gasteiger partial charge on any atom is -0.550 e. The zero-order valence-electron chi connectivity index (χ0n) is 21.7. The molecule has 1 aromatic carbocycles. The van der Waals surface area contributed by atoms with E-state index < -0.39 is 5.97 Å². The molecule has 184 valence electrons. The van der Waals surface area contributed by atoms with Gasteiger partial charge in [0.15, 0.2) is 0 Å². The molecule has 0 unspecified atom stereocenters. The molecule has 3 nitrogen and oxygen atoms in total. The Morgan fingerprint density at radius 1 is 0.576 bits per heavy atom. The van der Waals surface area contributed by atoms with Crippen molar-refractivity contribution in [2.45, 2.75) is 135 Å². The van der Waals surface area contributed by atoms with Crippen molar-refractivity contribution in [1.29, 1.82) is 0 Å². The molecule has 0 saturated carbocycles. The Hall–Kier alpha value is -0.350. The number of ether oxygens (including phenoxy) is 1. The summed E-state index contributed by atoms with van der Waals surface area (Å²) >= 11 is 0. The molecule has 0 fully saturated rings. The number of rotatable bonds is 24. The molecule has 0 aliphatic heterocycles. The summed E-state index contributed by atoms with van der Waals surface area (Å²) in [6.07, 6.45) is 25.0. The first-order valence-corrected chi connectivity index (χ1v) is 13.6. The van der Waals surface area contributed by atoms with Crippen molar-refractivity contribution < 1.29 is 44.2 Å². The van der Waals surface area contributed by atoms with Crippen LogP contribution in [0.2, 0.25) is 0 Å². The molecule has 0 bridgehead atoms. The molecule has 0 atom stereocenters. The van der Waals surface area contributed by atoms with Crippen LogP contribution < -0.4 is 34.7 Å². The molecule has 0 N–H and O–H groups in total. The van der Waals surface area contributed by atoms with Crippen LogP contribution in [0.25, 0.3) is 0 Å². The SMILES string of the molecule is O=C([O-])CCCCCCCCCCCCCCCCCCCCCOCc1ccccc1.[Na+]. The molecular formula is C29H49NaO3. The fraction of sp³-hybridized carbons (Fsp3) is 0.759. The predicted octanol–water partition coefficient (Wildman–Crippen LogP) is 4.76. The summed E-state index contributed by atoms with van der Waals surface area (Å²) in [4.78, 5) is 10.3. The first kappa shape index (κ1) is 32.7. The van der Waals surface area contributed by atoms with Gasteiger partial charge in [-0.05, 0) is 24.8 Å². The molecule has 0 aliphatic carbocycles. The fourth-order valence-electron chi connectivity index (χ4n) is 4.24. The minimum atomic E-state index is -0.905. The Bertz CT molecular complexity index is 521. The van der Waals surface area contributed by atoms with E-state index in [-0.39, 0.29) is 36.0 Å². The summed E-state index contributed by atoms with van der Waals surface area (Å²) < 4.78 is 5.75. The van der Waals surface area contributed by atoms with Crippen LogP contribution in [0.3, 0.4) is 0 Å². The van der Waals surface area contributed by atoms with Gasteiger partial charge < -0.3 is 14.6 Å². The van der Waals surface area contributed by atoms with Crippen molar-refractivity contribution in [1.82, 2.24) is 0 Å². The van der Waals surface area contributed by atoms with Gasteiger partial charge in [-0.15, -0.1) is 0 Å². The molecule has 0 aromatic heterocycles. The fourth-order valence-corrected chi connectivity index (χ4v) is 4.24. The van der Waals surface area contributed by atoms with Crippen LogP contribution in [0.1, 0.15) is 134 Å². The number of unbranched alkanes of at least 4 members (excludes halogenated alkanes) is 18. The summed E-state index contributed by atoms with van der Waals surface area (Å²) in [6, 6.07) is 10.4. The van der Waals surface area contributed by atoms with Crippen molar-refractivity contribution in [2.75, 3.05) is 6.61 Å². The second-order valence-electron chi connectivity index (χ2n) is 9.38. The maximum atomic E-state index is 10.3. The third-order valence-electron chi connectivity index (χ3n) is 6.28. The van der Waals surface area contributed by atoms with Gasteiger partial charge in [-0.1, -0.05) is 139 Å². The zero-order chi connectivity index (χ0) is 23.0. The molecule has 0 spiro atoms. The number of carboxylic acid groups (broad SMARTS) is 1. The van der Waals surface area contributed by atoms with Crippen LogP contribution in [0, 0.1) is 0 Å². The van der Waals surface area contributed by atoms with E-state index in [1.54, 1.807) is 0 Å². The van der Waals surface area contributed by atoms with Crippen LogP contribution >= 0.6 is 0 Å². The molecule has 0 amide bonds. The first-order valence-electron chi connectivity index (χ1n) is 13.6. The van der Waals surface area contributed by atoms with Crippen LogP contribution in [0.15, 0.2) is 30.3 Å². The van der Waals surface area contributed by atoms with Crippen molar-refractivity contribution in [3.8, 4) is 0 Å². The van der Waals surface area contributed by atoms with Crippen molar-refractivity contribution in [3.05, 3.63) is 35.9 Å². The largest absolute Gasteiger partial charge is 1.00 e. The van der Waals surface area contributed by atoms with E-state index >= 15 is 0 Å². The maximum Gasteiger partial charge on any atom is 1.00 e. The Morgan fingerprint density at radius 2 is 0.939 bits per heavy atom. The van der Waals surface area contributed by atoms with Gasteiger partial charge in [0, 0.05) is 12.6 Å². The number of carbonyl (C=O) groups excluding carboxylic acids is 1. The number of hydrogen-bond donors (Lipinski definition) is 0. The van der Waals surface area contributed by atoms with Gasteiger partial charge in [-0.25, -0.2) is 0 Å². The van der Waals surface area contributed by atoms with E-state index in [2.05, 4.69) is 24.3 Å². The van der Waals surface area contributed by atoms with Crippen molar-refractivity contribution in [3.63, 3.8) is 0 Å². The Kier molecular flexibility index (Phi) is 26.0. The smallest absolute Gasteiger partial charge is 0.550 e. The minimum absolute atomic E-state index is 0. The molecule has 0 aliphatic rings. The number of aliphatic carboxylic acids is 1. The number of carbonyl (C=O) groups is 1. The topological polar surface area (TPSA) is 49.4 Å². The normalized spacial score (nSPS) is 10.8. The van der Waals surface area contributed by atoms with Crippen LogP contribution in [-0.4, -0.2) is 12.6 Å². The van der Waals surface area contributed by atoms with Gasteiger partial charge in [0.05, 0.1) is 6.61 Å². The van der Waals surface area contributed by atoms with E-state index in [0.29, 0.717) is 0 Å². The summed E-state index contributed by atoms with van der Waals surface area (Å²) in [6.45, 7) is 1.64. The average molecular weight is 469 g/mol. The van der Waals surface area contributed by atoms with Crippen LogP contribution in [0.4, 0.5) is 0 Å². The van der Waals surface area contributed by atoms with E-state index in [1.807, 2.05) is 6.07 Å². The standard InChI is InChI=1S/C29H50O3.Na/c30-29(31)25-21-16-14-12-10-8-6-4-2-1-3-5-7-9-11-13-15-17-22-26-32-27-28-23-19-18-20-24-28;/h18-20,23-24H,1-17,21-22,25-27H2,(H,30,31);/q;+1/p-1. The second kappa shape index (κ2) is 26.3. The monoisotopic (exact) mass is 468 g/mol. The maximum absolute atomic E-state index is 10.3. The average Bonchev–Trinajstić information content (AvgIpc) is 2.80. The molecule has 33 heavy (non-hydrogen) atoms. The van der Waals surface area contributed by atoms with Crippen LogP contribution in [-0.2, 0) is 16.1 Å². The summed E-state index contributed by atoms with van der Waals surface area (Å²) in [5, 5.41) is 10.3. The quantitative estimate of drug-likeness (QED) is 0.162. The van der Waals surface area contributed by atoms with Gasteiger partial charge >= 0.3 is 29.6 Å². The summed E-state index contributed by atoms with van der Waals surface area (Å²) in [5.74, 6) is -0.905. The molecule has 0 radical (unpaired) electrons. The Morgan fingerprint density at radius 3 is 1.33 bits per heavy atom. The zero-order valence-corrected chi connectivity index (χ0v) is 23.7. The van der Waals surface area contributed by atoms with E-state index in [1.165, 1.54) is 115 Å².